The van der Waals surface area contributed by atoms with E-state index >= 15 is 0 Å². The lowest BCUT2D eigenvalue weighted by atomic mass is 10.1. The molecule has 25 heavy (non-hydrogen) atoms. The Kier molecular flexibility index (Phi) is 5.04. The number of carbonyl (C=O) groups is 1. The molecule has 0 fully saturated rings. The van der Waals surface area contributed by atoms with Crippen molar-refractivity contribution in [2.24, 2.45) is 0 Å². The van der Waals surface area contributed by atoms with Crippen LogP contribution in [0, 0.1) is 12.7 Å². The summed E-state index contributed by atoms with van der Waals surface area (Å²) in [4.78, 5) is 12.0. The highest BCUT2D eigenvalue weighted by Crippen LogP contribution is 2.11. The molecule has 0 saturated carbocycles. The minimum atomic E-state index is -0.305. The molecule has 1 heterocycles. The second kappa shape index (κ2) is 7.57. The first-order valence-electron chi connectivity index (χ1n) is 7.93. The summed E-state index contributed by atoms with van der Waals surface area (Å²) in [7, 11) is 0. The number of halogens is 1. The SMILES string of the molecule is Cc1ccccc1Cn1ccc(NC(=O)/C=C/c2ccc(F)cc2)n1. The van der Waals surface area contributed by atoms with E-state index in [0.717, 1.165) is 5.56 Å². The number of anilines is 1. The first-order valence-corrected chi connectivity index (χ1v) is 7.93. The second-order valence-corrected chi connectivity index (χ2v) is 5.70. The van der Waals surface area contributed by atoms with E-state index in [1.54, 1.807) is 29.0 Å². The Morgan fingerprint density at radius 1 is 1.16 bits per heavy atom. The van der Waals surface area contributed by atoms with Crippen LogP contribution in [0.4, 0.5) is 10.2 Å². The van der Waals surface area contributed by atoms with Crippen molar-refractivity contribution in [3.8, 4) is 0 Å². The number of carbonyl (C=O) groups excluding carboxylic acids is 1. The van der Waals surface area contributed by atoms with Gasteiger partial charge in [0.1, 0.15) is 5.82 Å². The van der Waals surface area contributed by atoms with Crippen LogP contribution in [0.1, 0.15) is 16.7 Å². The minimum absolute atomic E-state index is 0.287. The summed E-state index contributed by atoms with van der Waals surface area (Å²) in [5.41, 5.74) is 3.13. The van der Waals surface area contributed by atoms with E-state index < -0.39 is 0 Å². The quantitative estimate of drug-likeness (QED) is 0.716. The zero-order valence-corrected chi connectivity index (χ0v) is 13.8. The molecule has 126 valence electrons. The van der Waals surface area contributed by atoms with E-state index in [1.165, 1.54) is 29.3 Å². The summed E-state index contributed by atoms with van der Waals surface area (Å²) >= 11 is 0. The fourth-order valence-electron chi connectivity index (χ4n) is 2.39. The molecule has 0 spiro atoms. The molecule has 3 rings (SSSR count). The van der Waals surface area contributed by atoms with Crippen molar-refractivity contribution in [2.75, 3.05) is 5.32 Å². The first-order chi connectivity index (χ1) is 12.1. The maximum Gasteiger partial charge on any atom is 0.249 e. The first kappa shape index (κ1) is 16.6. The van der Waals surface area contributed by atoms with Gasteiger partial charge in [0.15, 0.2) is 5.82 Å². The lowest BCUT2D eigenvalue weighted by molar-refractivity contribution is -0.111. The zero-order valence-electron chi connectivity index (χ0n) is 13.8. The summed E-state index contributed by atoms with van der Waals surface area (Å²) in [6.45, 7) is 2.70. The van der Waals surface area contributed by atoms with Crippen LogP contribution in [0.5, 0.6) is 0 Å². The standard InChI is InChI=1S/C20H18FN3O/c1-15-4-2-3-5-17(15)14-24-13-12-19(23-24)22-20(25)11-8-16-6-9-18(21)10-7-16/h2-13H,14H2,1H3,(H,22,23,25)/b11-8+. The van der Waals surface area contributed by atoms with E-state index in [2.05, 4.69) is 29.5 Å². The van der Waals surface area contributed by atoms with Gasteiger partial charge in [0, 0.05) is 18.3 Å². The summed E-state index contributed by atoms with van der Waals surface area (Å²) in [5.74, 6) is -0.103. The monoisotopic (exact) mass is 335 g/mol. The molecule has 3 aromatic rings. The van der Waals surface area contributed by atoms with Gasteiger partial charge >= 0.3 is 0 Å². The van der Waals surface area contributed by atoms with Crippen molar-refractivity contribution in [2.45, 2.75) is 13.5 Å². The van der Waals surface area contributed by atoms with Crippen LogP contribution in [-0.2, 0) is 11.3 Å². The molecule has 0 aliphatic rings. The maximum atomic E-state index is 12.8. The Morgan fingerprint density at radius 2 is 1.92 bits per heavy atom. The third-order valence-corrected chi connectivity index (χ3v) is 3.78. The number of nitrogens with one attached hydrogen (secondary N) is 1. The normalized spacial score (nSPS) is 11.0. The second-order valence-electron chi connectivity index (χ2n) is 5.70. The van der Waals surface area contributed by atoms with Crippen LogP contribution in [0.15, 0.2) is 66.9 Å². The summed E-state index contributed by atoms with van der Waals surface area (Å²) < 4.78 is 14.6. The van der Waals surface area contributed by atoms with E-state index in [1.807, 2.05) is 18.3 Å². The van der Waals surface area contributed by atoms with Gasteiger partial charge in [-0.25, -0.2) is 4.39 Å². The molecular weight excluding hydrogens is 317 g/mol. The Balaban J connectivity index is 1.60. The molecule has 0 atom stereocenters. The van der Waals surface area contributed by atoms with Crippen molar-refractivity contribution < 1.29 is 9.18 Å². The molecule has 0 unspecified atom stereocenters. The Labute approximate surface area is 145 Å². The topological polar surface area (TPSA) is 46.9 Å². The van der Waals surface area contributed by atoms with E-state index in [-0.39, 0.29) is 11.7 Å². The Hall–Kier alpha value is -3.21. The lowest BCUT2D eigenvalue weighted by Crippen LogP contribution is -2.09. The number of benzene rings is 2. The Bertz CT molecular complexity index is 897. The molecule has 0 radical (unpaired) electrons. The molecule has 1 aromatic heterocycles. The fourth-order valence-corrected chi connectivity index (χ4v) is 2.39. The zero-order chi connectivity index (χ0) is 17.6. The van der Waals surface area contributed by atoms with Crippen molar-refractivity contribution in [3.63, 3.8) is 0 Å². The van der Waals surface area contributed by atoms with Gasteiger partial charge in [-0.3, -0.25) is 9.48 Å². The van der Waals surface area contributed by atoms with E-state index in [9.17, 15) is 9.18 Å². The van der Waals surface area contributed by atoms with Gasteiger partial charge in [-0.2, -0.15) is 5.10 Å². The van der Waals surface area contributed by atoms with Crippen LogP contribution < -0.4 is 5.32 Å². The van der Waals surface area contributed by atoms with Gasteiger partial charge in [0.2, 0.25) is 5.91 Å². The smallest absolute Gasteiger partial charge is 0.249 e. The third kappa shape index (κ3) is 4.64. The molecule has 0 aliphatic carbocycles. The molecule has 0 aliphatic heterocycles. The average Bonchev–Trinajstić information content (AvgIpc) is 3.03. The van der Waals surface area contributed by atoms with Gasteiger partial charge in [0.05, 0.1) is 6.54 Å². The lowest BCUT2D eigenvalue weighted by Gasteiger charge is -2.05. The van der Waals surface area contributed by atoms with Gasteiger partial charge in [-0.15, -0.1) is 0 Å². The highest BCUT2D eigenvalue weighted by Gasteiger charge is 2.04. The average molecular weight is 335 g/mol. The third-order valence-electron chi connectivity index (χ3n) is 3.78. The molecule has 4 nitrogen and oxygen atoms in total. The van der Waals surface area contributed by atoms with Gasteiger partial charge < -0.3 is 5.32 Å². The predicted octanol–water partition coefficient (Wildman–Crippen LogP) is 4.03. The molecule has 0 saturated heterocycles. The molecule has 2 aromatic carbocycles. The highest BCUT2D eigenvalue weighted by molar-refractivity contribution is 6.01. The van der Waals surface area contributed by atoms with Crippen LogP contribution in [0.3, 0.4) is 0 Å². The largest absolute Gasteiger partial charge is 0.306 e. The predicted molar refractivity (Wildman–Crippen MR) is 96.6 cm³/mol. The number of nitrogens with zero attached hydrogens (tertiary/aromatic N) is 2. The molecular formula is C20H18FN3O. The summed E-state index contributed by atoms with van der Waals surface area (Å²) in [5, 5.41) is 7.07. The maximum absolute atomic E-state index is 12.8. The van der Waals surface area contributed by atoms with Crippen LogP contribution >= 0.6 is 0 Å². The summed E-state index contributed by atoms with van der Waals surface area (Å²) in [6.07, 6.45) is 4.85. The van der Waals surface area contributed by atoms with Gasteiger partial charge in [-0.05, 0) is 41.8 Å². The number of amides is 1. The van der Waals surface area contributed by atoms with Crippen molar-refractivity contribution >= 4 is 17.8 Å². The molecule has 0 bridgehead atoms. The minimum Gasteiger partial charge on any atom is -0.306 e. The van der Waals surface area contributed by atoms with Crippen molar-refractivity contribution in [1.29, 1.82) is 0 Å². The number of aromatic nitrogens is 2. The van der Waals surface area contributed by atoms with Crippen LogP contribution in [0.2, 0.25) is 0 Å². The molecule has 5 heteroatoms. The van der Waals surface area contributed by atoms with Crippen molar-refractivity contribution in [1.82, 2.24) is 9.78 Å². The fraction of sp³-hybridized carbons (Fsp3) is 0.100. The summed E-state index contributed by atoms with van der Waals surface area (Å²) in [6, 6.07) is 15.8. The Morgan fingerprint density at radius 3 is 2.68 bits per heavy atom. The van der Waals surface area contributed by atoms with E-state index in [4.69, 9.17) is 0 Å². The number of hydrogen-bond acceptors (Lipinski definition) is 2. The van der Waals surface area contributed by atoms with Crippen LogP contribution in [0.25, 0.3) is 6.08 Å². The van der Waals surface area contributed by atoms with Crippen LogP contribution in [-0.4, -0.2) is 15.7 Å². The molecule has 1 amide bonds. The van der Waals surface area contributed by atoms with Gasteiger partial charge in [-0.1, -0.05) is 36.4 Å². The number of rotatable bonds is 5. The van der Waals surface area contributed by atoms with E-state index in [0.29, 0.717) is 12.4 Å². The molecule has 1 N–H and O–H groups in total. The number of hydrogen-bond donors (Lipinski definition) is 1. The number of aryl methyl sites for hydroxylation is 1. The highest BCUT2D eigenvalue weighted by atomic mass is 19.1. The van der Waals surface area contributed by atoms with Gasteiger partial charge in [0.25, 0.3) is 0 Å². The van der Waals surface area contributed by atoms with Crippen molar-refractivity contribution in [3.05, 3.63) is 89.4 Å².